The van der Waals surface area contributed by atoms with Gasteiger partial charge in [0.1, 0.15) is 0 Å². The summed E-state index contributed by atoms with van der Waals surface area (Å²) in [6.45, 7) is 4.57. The second-order valence-corrected chi connectivity index (χ2v) is 5.86. The highest BCUT2D eigenvalue weighted by Gasteiger charge is 2.48. The molecule has 18 heavy (non-hydrogen) atoms. The fraction of sp³-hybridized carbons (Fsp3) is 0.600. The molecule has 3 heteroatoms. The van der Waals surface area contributed by atoms with Crippen LogP contribution < -0.4 is 15.2 Å². The molecule has 0 aromatic heterocycles. The van der Waals surface area contributed by atoms with Crippen molar-refractivity contribution in [1.29, 1.82) is 0 Å². The maximum Gasteiger partial charge on any atom is 0.160 e. The third kappa shape index (κ3) is 2.61. The zero-order valence-corrected chi connectivity index (χ0v) is 11.7. The van der Waals surface area contributed by atoms with Crippen LogP contribution in [0, 0.1) is 11.3 Å². The van der Waals surface area contributed by atoms with Crippen LogP contribution in [0.4, 0.5) is 0 Å². The Hall–Kier alpha value is -1.22. The van der Waals surface area contributed by atoms with Crippen molar-refractivity contribution in [3.8, 4) is 11.5 Å². The summed E-state index contributed by atoms with van der Waals surface area (Å²) < 4.78 is 10.5. The first-order valence-corrected chi connectivity index (χ1v) is 6.44. The molecule has 0 saturated heterocycles. The fourth-order valence-corrected chi connectivity index (χ4v) is 2.66. The van der Waals surface area contributed by atoms with Gasteiger partial charge in [0.2, 0.25) is 0 Å². The predicted molar refractivity (Wildman–Crippen MR) is 73.1 cm³/mol. The van der Waals surface area contributed by atoms with Crippen LogP contribution in [0.25, 0.3) is 0 Å². The molecule has 1 aromatic rings. The molecule has 0 bridgehead atoms. The van der Waals surface area contributed by atoms with Gasteiger partial charge in [0.25, 0.3) is 0 Å². The van der Waals surface area contributed by atoms with Crippen LogP contribution in [-0.2, 0) is 6.42 Å². The Morgan fingerprint density at radius 2 is 1.89 bits per heavy atom. The van der Waals surface area contributed by atoms with E-state index >= 15 is 0 Å². The van der Waals surface area contributed by atoms with Crippen molar-refractivity contribution in [2.75, 3.05) is 14.2 Å². The van der Waals surface area contributed by atoms with Crippen molar-refractivity contribution in [2.45, 2.75) is 32.7 Å². The van der Waals surface area contributed by atoms with Crippen LogP contribution in [-0.4, -0.2) is 20.3 Å². The summed E-state index contributed by atoms with van der Waals surface area (Å²) in [5, 5.41) is 0. The van der Waals surface area contributed by atoms with Gasteiger partial charge in [-0.25, -0.2) is 0 Å². The maximum atomic E-state index is 6.28. The van der Waals surface area contributed by atoms with E-state index < -0.39 is 0 Å². The minimum absolute atomic E-state index is 0.234. The zero-order valence-electron chi connectivity index (χ0n) is 11.7. The Morgan fingerprint density at radius 3 is 2.39 bits per heavy atom. The highest BCUT2D eigenvalue weighted by atomic mass is 16.5. The van der Waals surface area contributed by atoms with E-state index in [0.717, 1.165) is 17.9 Å². The molecule has 1 aliphatic carbocycles. The normalized spacial score (nSPS) is 22.4. The van der Waals surface area contributed by atoms with Crippen LogP contribution in [0.15, 0.2) is 18.2 Å². The number of benzene rings is 1. The van der Waals surface area contributed by atoms with Gasteiger partial charge in [-0.1, -0.05) is 19.9 Å². The van der Waals surface area contributed by atoms with Gasteiger partial charge in [-0.05, 0) is 41.9 Å². The highest BCUT2D eigenvalue weighted by Crippen LogP contribution is 2.53. The minimum Gasteiger partial charge on any atom is -0.493 e. The van der Waals surface area contributed by atoms with Gasteiger partial charge in [-0.3, -0.25) is 0 Å². The van der Waals surface area contributed by atoms with Crippen LogP contribution >= 0.6 is 0 Å². The van der Waals surface area contributed by atoms with E-state index in [9.17, 15) is 0 Å². The molecule has 0 amide bonds. The van der Waals surface area contributed by atoms with E-state index in [0.29, 0.717) is 11.3 Å². The standard InChI is InChI=1S/C15H23NO2/c1-15(2)9-11(15)12(16)7-10-5-6-13(17-3)14(8-10)18-4/h5-6,8,11-12H,7,9,16H2,1-4H3. The third-order valence-corrected chi connectivity index (χ3v) is 4.03. The average Bonchev–Trinajstić information content (AvgIpc) is 2.98. The van der Waals surface area contributed by atoms with E-state index in [1.54, 1.807) is 14.2 Å². The largest absolute Gasteiger partial charge is 0.493 e. The quantitative estimate of drug-likeness (QED) is 0.872. The van der Waals surface area contributed by atoms with E-state index in [4.69, 9.17) is 15.2 Å². The SMILES string of the molecule is COc1ccc(CC(N)C2CC2(C)C)cc1OC. The van der Waals surface area contributed by atoms with Crippen molar-refractivity contribution < 1.29 is 9.47 Å². The van der Waals surface area contributed by atoms with Crippen molar-refractivity contribution in [2.24, 2.45) is 17.1 Å². The first kappa shape index (κ1) is 13.2. The maximum absolute atomic E-state index is 6.28. The molecule has 3 nitrogen and oxygen atoms in total. The van der Waals surface area contributed by atoms with Crippen LogP contribution in [0.3, 0.4) is 0 Å². The van der Waals surface area contributed by atoms with E-state index in [1.807, 2.05) is 12.1 Å². The molecule has 2 unspecified atom stereocenters. The van der Waals surface area contributed by atoms with Gasteiger partial charge >= 0.3 is 0 Å². The fourth-order valence-electron chi connectivity index (χ4n) is 2.66. The Labute approximate surface area is 109 Å². The van der Waals surface area contributed by atoms with Gasteiger partial charge in [0.15, 0.2) is 11.5 Å². The molecule has 0 spiro atoms. The smallest absolute Gasteiger partial charge is 0.160 e. The molecular weight excluding hydrogens is 226 g/mol. The molecule has 2 rings (SSSR count). The molecule has 100 valence electrons. The molecule has 1 aliphatic rings. The predicted octanol–water partition coefficient (Wildman–Crippen LogP) is 2.62. The lowest BCUT2D eigenvalue weighted by molar-refractivity contribution is 0.354. The average molecular weight is 249 g/mol. The number of ether oxygens (including phenoxy) is 2. The van der Waals surface area contributed by atoms with Crippen molar-refractivity contribution in [1.82, 2.24) is 0 Å². The second kappa shape index (κ2) is 4.81. The zero-order chi connectivity index (χ0) is 13.3. The Morgan fingerprint density at radius 1 is 1.28 bits per heavy atom. The molecule has 1 saturated carbocycles. The van der Waals surface area contributed by atoms with Gasteiger partial charge in [0, 0.05) is 6.04 Å². The summed E-state index contributed by atoms with van der Waals surface area (Å²) in [7, 11) is 3.31. The second-order valence-electron chi connectivity index (χ2n) is 5.86. The van der Waals surface area contributed by atoms with Crippen molar-refractivity contribution in [3.05, 3.63) is 23.8 Å². The lowest BCUT2D eigenvalue weighted by Crippen LogP contribution is -2.27. The molecule has 2 atom stereocenters. The number of rotatable bonds is 5. The Bertz CT molecular complexity index is 429. The van der Waals surface area contributed by atoms with Crippen molar-refractivity contribution in [3.63, 3.8) is 0 Å². The van der Waals surface area contributed by atoms with E-state index in [-0.39, 0.29) is 6.04 Å². The Kier molecular flexibility index (Phi) is 3.53. The molecule has 0 radical (unpaired) electrons. The van der Waals surface area contributed by atoms with E-state index in [1.165, 1.54) is 12.0 Å². The highest BCUT2D eigenvalue weighted by molar-refractivity contribution is 5.43. The molecule has 2 N–H and O–H groups in total. The van der Waals surface area contributed by atoms with Crippen molar-refractivity contribution >= 4 is 0 Å². The first-order valence-electron chi connectivity index (χ1n) is 6.44. The summed E-state index contributed by atoms with van der Waals surface area (Å²) >= 11 is 0. The molecule has 1 fully saturated rings. The van der Waals surface area contributed by atoms with Gasteiger partial charge in [-0.15, -0.1) is 0 Å². The first-order chi connectivity index (χ1) is 8.47. The lowest BCUT2D eigenvalue weighted by atomic mass is 9.98. The number of hydrogen-bond acceptors (Lipinski definition) is 3. The monoisotopic (exact) mass is 249 g/mol. The summed E-state index contributed by atoms with van der Waals surface area (Å²) in [4.78, 5) is 0. The number of methoxy groups -OCH3 is 2. The summed E-state index contributed by atoms with van der Waals surface area (Å²) in [6.07, 6.45) is 2.13. The van der Waals surface area contributed by atoms with Gasteiger partial charge < -0.3 is 15.2 Å². The van der Waals surface area contributed by atoms with Gasteiger partial charge in [0.05, 0.1) is 14.2 Å². The Balaban J connectivity index is 2.06. The van der Waals surface area contributed by atoms with Gasteiger partial charge in [-0.2, -0.15) is 0 Å². The molecule has 0 heterocycles. The number of nitrogens with two attached hydrogens (primary N) is 1. The molecule has 1 aromatic carbocycles. The third-order valence-electron chi connectivity index (χ3n) is 4.03. The van der Waals surface area contributed by atoms with Crippen LogP contribution in [0.5, 0.6) is 11.5 Å². The summed E-state index contributed by atoms with van der Waals surface area (Å²) in [6, 6.07) is 6.27. The van der Waals surface area contributed by atoms with Crippen LogP contribution in [0.1, 0.15) is 25.8 Å². The summed E-state index contributed by atoms with van der Waals surface area (Å²) in [5.41, 5.74) is 7.91. The number of hydrogen-bond donors (Lipinski definition) is 1. The molecular formula is C15H23NO2. The molecule has 0 aliphatic heterocycles. The lowest BCUT2D eigenvalue weighted by Gasteiger charge is -2.15. The summed E-state index contributed by atoms with van der Waals surface area (Å²) in [5.74, 6) is 2.18. The van der Waals surface area contributed by atoms with E-state index in [2.05, 4.69) is 19.9 Å². The minimum atomic E-state index is 0.234. The van der Waals surface area contributed by atoms with Crippen LogP contribution in [0.2, 0.25) is 0 Å². The topological polar surface area (TPSA) is 44.5 Å².